The third kappa shape index (κ3) is 58.6. The molecule has 2 atom stereocenters. The maximum Gasteiger partial charge on any atom is 0.472 e. The Labute approximate surface area is 463 Å². The van der Waals surface area contributed by atoms with E-state index in [4.69, 9.17) is 24.3 Å². The van der Waals surface area contributed by atoms with Crippen molar-refractivity contribution in [2.45, 2.75) is 206 Å². The molecular weight excluding hydrogens is 966 g/mol. The Balaban J connectivity index is 4.13. The molecule has 426 valence electrons. The predicted octanol–water partition coefficient (Wildman–Crippen LogP) is 18.7. The Hall–Kier alpha value is -4.63. The predicted molar refractivity (Wildman–Crippen MR) is 325 cm³/mol. The first-order valence-corrected chi connectivity index (χ1v) is 30.6. The van der Waals surface area contributed by atoms with Crippen LogP contribution in [-0.4, -0.2) is 49.3 Å². The van der Waals surface area contributed by atoms with Gasteiger partial charge in [0, 0.05) is 19.4 Å². The molecule has 0 aromatic heterocycles. The molecule has 0 aromatic rings. The van der Waals surface area contributed by atoms with E-state index >= 15 is 0 Å². The van der Waals surface area contributed by atoms with Crippen molar-refractivity contribution in [3.8, 4) is 0 Å². The number of ether oxygens (including phenoxy) is 2. The summed E-state index contributed by atoms with van der Waals surface area (Å²) in [5, 5.41) is 0. The molecule has 2 unspecified atom stereocenters. The van der Waals surface area contributed by atoms with Crippen LogP contribution in [0.5, 0.6) is 0 Å². The first-order valence-electron chi connectivity index (χ1n) is 29.1. The van der Waals surface area contributed by atoms with Crippen molar-refractivity contribution in [2.75, 3.05) is 26.4 Å². The standard InChI is InChI=1S/C66H104NO8P/c1-3-5-7-9-11-13-15-17-19-21-22-23-24-25-26-27-28-29-30-31-32-33-34-35-36-37-38-39-40-41-42-43-45-47-49-51-53-55-57-59-66(69)75-64(63-74-76(70,71)73-61-60-67)62-72-65(68)58-56-54-52-50-48-46-44-20-18-16-14-12-10-8-6-4-2/h5,7,11,13-14,16-17,19-20,22-23,25-26,28-29,31-32,34-35,37-38,40-41,43-45,49,51,64H,3-4,6,8-10,12,15,18,21,24,27,30,33,36,39,42,46-48,50,52-63,67H2,1-2H3,(H,70,71)/b7-5-,13-11-,16-14-,19-17-,23-22-,26-25-,29-28-,32-31-,35-34-,38-37-,41-40-,44-20-,45-43-,51-49-. The summed E-state index contributed by atoms with van der Waals surface area (Å²) in [6.07, 6.45) is 88.4. The van der Waals surface area contributed by atoms with E-state index in [2.05, 4.69) is 184 Å². The van der Waals surface area contributed by atoms with E-state index in [1.807, 2.05) is 0 Å². The quantitative estimate of drug-likeness (QED) is 0.0264. The van der Waals surface area contributed by atoms with Crippen LogP contribution < -0.4 is 5.73 Å². The van der Waals surface area contributed by atoms with Gasteiger partial charge in [-0.3, -0.25) is 18.6 Å². The van der Waals surface area contributed by atoms with Crippen molar-refractivity contribution in [1.82, 2.24) is 0 Å². The van der Waals surface area contributed by atoms with E-state index in [0.29, 0.717) is 12.8 Å². The van der Waals surface area contributed by atoms with Crippen LogP contribution >= 0.6 is 7.82 Å². The number of unbranched alkanes of at least 4 members (excludes halogenated alkanes) is 11. The van der Waals surface area contributed by atoms with Crippen LogP contribution in [0.3, 0.4) is 0 Å². The fourth-order valence-corrected chi connectivity index (χ4v) is 7.82. The van der Waals surface area contributed by atoms with Crippen molar-refractivity contribution < 1.29 is 37.6 Å². The number of allylic oxidation sites excluding steroid dienone is 28. The molecule has 0 aliphatic heterocycles. The summed E-state index contributed by atoms with van der Waals surface area (Å²) >= 11 is 0. The number of hydrogen-bond donors (Lipinski definition) is 2. The first kappa shape index (κ1) is 71.4. The zero-order valence-electron chi connectivity index (χ0n) is 47.4. The fraction of sp³-hybridized carbons (Fsp3) is 0.545. The number of rotatable bonds is 52. The van der Waals surface area contributed by atoms with Crippen molar-refractivity contribution in [3.63, 3.8) is 0 Å². The Bertz CT molecular complexity index is 1840. The maximum atomic E-state index is 12.7. The minimum absolute atomic E-state index is 0.0348. The minimum Gasteiger partial charge on any atom is -0.462 e. The minimum atomic E-state index is -4.41. The second kappa shape index (κ2) is 59.6. The van der Waals surface area contributed by atoms with E-state index in [-0.39, 0.29) is 32.6 Å². The molecule has 0 rings (SSSR count). The number of phosphoric acid groups is 1. The molecule has 0 fully saturated rings. The molecule has 0 aliphatic carbocycles. The highest BCUT2D eigenvalue weighted by Crippen LogP contribution is 2.43. The SMILES string of the molecule is CC/C=C\C/C=C\C/C=C\C/C=C\C/C=C\C/C=C\C/C=C\C/C=C\C/C=C\C/C=C\C/C=C\C/C=C\CCCCC(=O)OC(COC(=O)CCCCCCC/C=C\C/C=C\CCCCCC)COP(=O)(O)OCCN. The van der Waals surface area contributed by atoms with Gasteiger partial charge < -0.3 is 20.1 Å². The number of phosphoric ester groups is 1. The smallest absolute Gasteiger partial charge is 0.462 e. The van der Waals surface area contributed by atoms with E-state index in [1.165, 1.54) is 32.1 Å². The van der Waals surface area contributed by atoms with Crippen LogP contribution in [-0.2, 0) is 32.7 Å². The summed E-state index contributed by atoms with van der Waals surface area (Å²) in [6, 6.07) is 0. The topological polar surface area (TPSA) is 134 Å². The van der Waals surface area contributed by atoms with Gasteiger partial charge in [-0.15, -0.1) is 0 Å². The van der Waals surface area contributed by atoms with Gasteiger partial charge in [-0.05, 0) is 135 Å². The van der Waals surface area contributed by atoms with Gasteiger partial charge in [0.25, 0.3) is 0 Å². The number of hydrogen-bond acceptors (Lipinski definition) is 8. The van der Waals surface area contributed by atoms with Crippen LogP contribution in [0.1, 0.15) is 200 Å². The van der Waals surface area contributed by atoms with Gasteiger partial charge in [0.1, 0.15) is 6.61 Å². The van der Waals surface area contributed by atoms with Crippen LogP contribution in [0.4, 0.5) is 0 Å². The van der Waals surface area contributed by atoms with Crippen molar-refractivity contribution in [2.24, 2.45) is 5.73 Å². The lowest BCUT2D eigenvalue weighted by atomic mass is 10.1. The van der Waals surface area contributed by atoms with E-state index in [1.54, 1.807) is 0 Å². The lowest BCUT2D eigenvalue weighted by Crippen LogP contribution is -2.29. The third-order valence-electron chi connectivity index (χ3n) is 11.3. The number of carbonyl (C=O) groups excluding carboxylic acids is 2. The van der Waals surface area contributed by atoms with Gasteiger partial charge in [-0.25, -0.2) is 4.57 Å². The van der Waals surface area contributed by atoms with Crippen LogP contribution in [0.2, 0.25) is 0 Å². The molecule has 0 saturated heterocycles. The summed E-state index contributed by atoms with van der Waals surface area (Å²) in [4.78, 5) is 35.1. The molecule has 10 heteroatoms. The van der Waals surface area contributed by atoms with E-state index in [9.17, 15) is 19.0 Å². The van der Waals surface area contributed by atoms with Gasteiger partial charge in [0.2, 0.25) is 0 Å². The van der Waals surface area contributed by atoms with Crippen LogP contribution in [0, 0.1) is 0 Å². The highest BCUT2D eigenvalue weighted by Gasteiger charge is 2.26. The maximum absolute atomic E-state index is 12.7. The van der Waals surface area contributed by atoms with Crippen molar-refractivity contribution >= 4 is 19.8 Å². The summed E-state index contributed by atoms with van der Waals surface area (Å²) in [5.41, 5.74) is 5.37. The highest BCUT2D eigenvalue weighted by atomic mass is 31.2. The molecule has 0 aliphatic rings. The molecule has 0 radical (unpaired) electrons. The van der Waals surface area contributed by atoms with Gasteiger partial charge in [-0.2, -0.15) is 0 Å². The zero-order valence-corrected chi connectivity index (χ0v) is 48.3. The first-order chi connectivity index (χ1) is 37.3. The molecule has 0 heterocycles. The lowest BCUT2D eigenvalue weighted by Gasteiger charge is -2.19. The Morgan fingerprint density at radius 2 is 0.724 bits per heavy atom. The highest BCUT2D eigenvalue weighted by molar-refractivity contribution is 7.47. The molecule has 0 spiro atoms. The summed E-state index contributed by atoms with van der Waals surface area (Å²) in [7, 11) is -4.41. The van der Waals surface area contributed by atoms with Gasteiger partial charge in [0.05, 0.1) is 13.2 Å². The summed E-state index contributed by atoms with van der Waals surface area (Å²) in [5.74, 6) is -0.910. The molecule has 0 amide bonds. The normalized spacial score (nSPS) is 14.3. The summed E-state index contributed by atoms with van der Waals surface area (Å²) < 4.78 is 32.9. The number of carbonyl (C=O) groups is 2. The van der Waals surface area contributed by atoms with Crippen LogP contribution in [0.25, 0.3) is 0 Å². The lowest BCUT2D eigenvalue weighted by molar-refractivity contribution is -0.161. The monoisotopic (exact) mass is 1070 g/mol. The molecule has 9 nitrogen and oxygen atoms in total. The largest absolute Gasteiger partial charge is 0.472 e. The van der Waals surface area contributed by atoms with E-state index < -0.39 is 32.5 Å². The Morgan fingerprint density at radius 1 is 0.408 bits per heavy atom. The average Bonchev–Trinajstić information content (AvgIpc) is 3.41. The number of esters is 2. The molecule has 0 bridgehead atoms. The van der Waals surface area contributed by atoms with Gasteiger partial charge >= 0.3 is 19.8 Å². The average molecular weight is 1070 g/mol. The number of nitrogens with two attached hydrogens (primary N) is 1. The second-order valence-electron chi connectivity index (χ2n) is 18.4. The van der Waals surface area contributed by atoms with Gasteiger partial charge in [-0.1, -0.05) is 223 Å². The van der Waals surface area contributed by atoms with Crippen LogP contribution in [0.15, 0.2) is 170 Å². The van der Waals surface area contributed by atoms with Crippen molar-refractivity contribution in [1.29, 1.82) is 0 Å². The molecule has 76 heavy (non-hydrogen) atoms. The second-order valence-corrected chi connectivity index (χ2v) is 19.9. The van der Waals surface area contributed by atoms with Crippen molar-refractivity contribution in [3.05, 3.63) is 170 Å². The molecule has 0 saturated carbocycles. The Kier molecular flexibility index (Phi) is 56.0. The molecular formula is C66H104NO8P. The summed E-state index contributed by atoms with van der Waals surface area (Å²) in [6.45, 7) is 3.51. The molecule has 0 aromatic carbocycles. The zero-order chi connectivity index (χ0) is 55.2. The third-order valence-corrected chi connectivity index (χ3v) is 12.3. The van der Waals surface area contributed by atoms with E-state index in [0.717, 1.165) is 128 Å². The molecule has 3 N–H and O–H groups in total. The van der Waals surface area contributed by atoms with Gasteiger partial charge in [0.15, 0.2) is 6.10 Å². The fourth-order valence-electron chi connectivity index (χ4n) is 7.06. The Morgan fingerprint density at radius 3 is 1.11 bits per heavy atom.